The van der Waals surface area contributed by atoms with Crippen LogP contribution in [0, 0.1) is 34.5 Å². The standard InChI is InChI=1S/C28H37NO/c1-27-12-9-22(30)16-21(27)5-6-23-25-8-7-24(28(25,2)13-10-26(23)27)19-3-4-20-17-29-14-11-18(20)15-19/h3-4,11,14-15,17,21-26,30H,5-10,12-13,16H2,1-2H3/t21-,22+,23-,24+,25-,26-,27-,28+/m0/s1. The van der Waals surface area contributed by atoms with Gasteiger partial charge in [0.2, 0.25) is 0 Å². The molecule has 2 nitrogen and oxygen atoms in total. The maximum Gasteiger partial charge on any atom is 0.0543 e. The summed E-state index contributed by atoms with van der Waals surface area (Å²) < 4.78 is 0. The summed E-state index contributed by atoms with van der Waals surface area (Å²) in [4.78, 5) is 4.29. The van der Waals surface area contributed by atoms with Gasteiger partial charge in [0.25, 0.3) is 0 Å². The second-order valence-corrected chi connectivity index (χ2v) is 11.7. The van der Waals surface area contributed by atoms with E-state index in [-0.39, 0.29) is 6.10 Å². The molecule has 0 aliphatic heterocycles. The first-order valence-electron chi connectivity index (χ1n) is 12.5. The van der Waals surface area contributed by atoms with E-state index in [9.17, 15) is 5.11 Å². The molecule has 2 aromatic rings. The molecular formula is C28H37NO. The van der Waals surface area contributed by atoms with E-state index in [1.807, 2.05) is 12.4 Å². The van der Waals surface area contributed by atoms with Crippen molar-refractivity contribution in [1.29, 1.82) is 0 Å². The van der Waals surface area contributed by atoms with E-state index in [0.717, 1.165) is 36.5 Å². The first kappa shape index (κ1) is 19.3. The molecule has 0 unspecified atom stereocenters. The van der Waals surface area contributed by atoms with E-state index >= 15 is 0 Å². The fraction of sp³-hybridized carbons (Fsp3) is 0.679. The van der Waals surface area contributed by atoms with Gasteiger partial charge in [0.1, 0.15) is 0 Å². The number of hydrogen-bond donors (Lipinski definition) is 1. The molecule has 160 valence electrons. The van der Waals surface area contributed by atoms with Gasteiger partial charge in [-0.1, -0.05) is 32.0 Å². The quantitative estimate of drug-likeness (QED) is 0.573. The molecule has 1 N–H and O–H groups in total. The van der Waals surface area contributed by atoms with Gasteiger partial charge in [0, 0.05) is 17.8 Å². The summed E-state index contributed by atoms with van der Waals surface area (Å²) in [6, 6.07) is 9.32. The Kier molecular flexibility index (Phi) is 4.37. The van der Waals surface area contributed by atoms with E-state index in [1.54, 1.807) is 5.56 Å². The Morgan fingerprint density at radius 1 is 0.867 bits per heavy atom. The lowest BCUT2D eigenvalue weighted by molar-refractivity contribution is -0.122. The summed E-state index contributed by atoms with van der Waals surface area (Å²) in [6.45, 7) is 5.24. The van der Waals surface area contributed by atoms with E-state index in [4.69, 9.17) is 0 Å². The van der Waals surface area contributed by atoms with Gasteiger partial charge < -0.3 is 5.11 Å². The molecule has 4 aliphatic carbocycles. The van der Waals surface area contributed by atoms with Crippen LogP contribution in [0.4, 0.5) is 0 Å². The Balaban J connectivity index is 1.31. The van der Waals surface area contributed by atoms with Crippen LogP contribution in [0.25, 0.3) is 10.8 Å². The van der Waals surface area contributed by atoms with Gasteiger partial charge in [-0.15, -0.1) is 0 Å². The molecule has 6 rings (SSSR count). The highest BCUT2D eigenvalue weighted by atomic mass is 16.3. The van der Waals surface area contributed by atoms with Gasteiger partial charge in [-0.3, -0.25) is 4.98 Å². The zero-order valence-electron chi connectivity index (χ0n) is 18.7. The molecule has 0 bridgehead atoms. The molecule has 4 saturated carbocycles. The monoisotopic (exact) mass is 403 g/mol. The average Bonchev–Trinajstić information content (AvgIpc) is 3.11. The van der Waals surface area contributed by atoms with Crippen molar-refractivity contribution < 1.29 is 5.11 Å². The summed E-state index contributed by atoms with van der Waals surface area (Å²) in [7, 11) is 0. The predicted molar refractivity (Wildman–Crippen MR) is 122 cm³/mol. The molecule has 2 heteroatoms. The molecule has 1 aromatic carbocycles. The predicted octanol–water partition coefficient (Wildman–Crippen LogP) is 6.72. The zero-order chi connectivity index (χ0) is 20.5. The van der Waals surface area contributed by atoms with Crippen molar-refractivity contribution in [3.63, 3.8) is 0 Å². The Morgan fingerprint density at radius 3 is 2.60 bits per heavy atom. The minimum absolute atomic E-state index is 0.0348. The highest BCUT2D eigenvalue weighted by Crippen LogP contribution is 2.69. The first-order chi connectivity index (χ1) is 14.5. The SMILES string of the molecule is C[C@]12CC[C@@H](O)C[C@@H]1CC[C@@H]1[C@@H]2CC[C@]2(C)[C@@H](c3ccc4cnccc4c3)CC[C@@H]12. The van der Waals surface area contributed by atoms with Crippen LogP contribution < -0.4 is 0 Å². The van der Waals surface area contributed by atoms with Gasteiger partial charge in [-0.25, -0.2) is 0 Å². The maximum atomic E-state index is 10.3. The van der Waals surface area contributed by atoms with Gasteiger partial charge in [-0.05, 0) is 115 Å². The third-order valence-corrected chi connectivity index (χ3v) is 10.7. The van der Waals surface area contributed by atoms with Crippen molar-refractivity contribution in [1.82, 2.24) is 4.98 Å². The van der Waals surface area contributed by atoms with Crippen molar-refractivity contribution in [2.24, 2.45) is 34.5 Å². The Hall–Kier alpha value is -1.41. The molecule has 30 heavy (non-hydrogen) atoms. The third-order valence-electron chi connectivity index (χ3n) is 10.7. The van der Waals surface area contributed by atoms with Crippen LogP contribution in [-0.2, 0) is 0 Å². The molecule has 8 atom stereocenters. The topological polar surface area (TPSA) is 33.1 Å². The fourth-order valence-corrected chi connectivity index (χ4v) is 9.10. The van der Waals surface area contributed by atoms with Crippen LogP contribution in [0.2, 0.25) is 0 Å². The molecule has 1 heterocycles. The number of aliphatic hydroxyl groups is 1. The third kappa shape index (κ3) is 2.68. The Morgan fingerprint density at radius 2 is 1.70 bits per heavy atom. The second-order valence-electron chi connectivity index (χ2n) is 11.7. The van der Waals surface area contributed by atoms with Gasteiger partial charge in [0.15, 0.2) is 0 Å². The highest BCUT2D eigenvalue weighted by molar-refractivity contribution is 5.82. The Labute approximate surface area is 181 Å². The number of hydrogen-bond acceptors (Lipinski definition) is 2. The van der Waals surface area contributed by atoms with Crippen LogP contribution in [0.3, 0.4) is 0 Å². The lowest BCUT2D eigenvalue weighted by Crippen LogP contribution is -2.53. The largest absolute Gasteiger partial charge is 0.393 e. The summed E-state index contributed by atoms with van der Waals surface area (Å²) in [5, 5.41) is 12.9. The normalized spacial score (nSPS) is 45.6. The van der Waals surface area contributed by atoms with Crippen molar-refractivity contribution in [3.8, 4) is 0 Å². The van der Waals surface area contributed by atoms with E-state index in [2.05, 4.69) is 43.1 Å². The van der Waals surface area contributed by atoms with Crippen LogP contribution in [0.15, 0.2) is 36.7 Å². The second kappa shape index (κ2) is 6.79. The van der Waals surface area contributed by atoms with E-state index in [1.165, 1.54) is 55.7 Å². The lowest BCUT2D eigenvalue weighted by Gasteiger charge is -2.61. The average molecular weight is 404 g/mol. The Bertz CT molecular complexity index is 955. The number of nitrogens with zero attached hydrogens (tertiary/aromatic N) is 1. The maximum absolute atomic E-state index is 10.3. The minimum Gasteiger partial charge on any atom is -0.393 e. The van der Waals surface area contributed by atoms with E-state index < -0.39 is 0 Å². The number of aromatic nitrogens is 1. The van der Waals surface area contributed by atoms with Gasteiger partial charge in [-0.2, -0.15) is 0 Å². The number of rotatable bonds is 1. The van der Waals surface area contributed by atoms with Crippen LogP contribution in [0.5, 0.6) is 0 Å². The van der Waals surface area contributed by atoms with Crippen molar-refractivity contribution in [3.05, 3.63) is 42.2 Å². The van der Waals surface area contributed by atoms with Crippen molar-refractivity contribution >= 4 is 10.8 Å². The first-order valence-corrected chi connectivity index (χ1v) is 12.5. The highest BCUT2D eigenvalue weighted by Gasteiger charge is 2.60. The molecule has 1 aromatic heterocycles. The number of fused-ring (bicyclic) bond motifs is 6. The number of benzene rings is 1. The molecule has 0 radical (unpaired) electrons. The van der Waals surface area contributed by atoms with Gasteiger partial charge in [0.05, 0.1) is 6.10 Å². The summed E-state index contributed by atoms with van der Waals surface area (Å²) >= 11 is 0. The van der Waals surface area contributed by atoms with Crippen molar-refractivity contribution in [2.75, 3.05) is 0 Å². The van der Waals surface area contributed by atoms with Crippen LogP contribution >= 0.6 is 0 Å². The molecule has 0 saturated heterocycles. The molecule has 4 aliphatic rings. The molecule has 0 amide bonds. The molecular weight excluding hydrogens is 366 g/mol. The van der Waals surface area contributed by atoms with Crippen molar-refractivity contribution in [2.45, 2.75) is 83.7 Å². The minimum atomic E-state index is -0.0348. The number of aliphatic hydroxyl groups excluding tert-OH is 1. The summed E-state index contributed by atoms with van der Waals surface area (Å²) in [5.74, 6) is 4.16. The summed E-state index contributed by atoms with van der Waals surface area (Å²) in [5.41, 5.74) is 2.51. The van der Waals surface area contributed by atoms with Crippen LogP contribution in [0.1, 0.15) is 83.1 Å². The van der Waals surface area contributed by atoms with E-state index in [0.29, 0.717) is 16.7 Å². The van der Waals surface area contributed by atoms with Gasteiger partial charge >= 0.3 is 0 Å². The number of pyridine rings is 1. The zero-order valence-corrected chi connectivity index (χ0v) is 18.7. The molecule has 0 spiro atoms. The summed E-state index contributed by atoms with van der Waals surface area (Å²) in [6.07, 6.45) is 15.6. The lowest BCUT2D eigenvalue weighted by atomic mass is 9.44. The molecule has 4 fully saturated rings. The fourth-order valence-electron chi connectivity index (χ4n) is 9.10. The smallest absolute Gasteiger partial charge is 0.0543 e. The van der Waals surface area contributed by atoms with Crippen LogP contribution in [-0.4, -0.2) is 16.2 Å².